The highest BCUT2D eigenvalue weighted by Crippen LogP contribution is 2.28. The van der Waals surface area contributed by atoms with Crippen molar-refractivity contribution in [3.8, 4) is 11.5 Å². The fourth-order valence-corrected chi connectivity index (χ4v) is 2.16. The van der Waals surface area contributed by atoms with E-state index in [1.807, 2.05) is 18.2 Å². The average Bonchev–Trinajstić information content (AvgIpc) is 2.47. The van der Waals surface area contributed by atoms with E-state index in [0.29, 0.717) is 28.9 Å². The normalized spacial score (nSPS) is 10.4. The van der Waals surface area contributed by atoms with Crippen LogP contribution in [-0.4, -0.2) is 7.11 Å². The lowest BCUT2D eigenvalue weighted by Crippen LogP contribution is -2.02. The maximum atomic E-state index is 6.05. The summed E-state index contributed by atoms with van der Waals surface area (Å²) in [6, 6.07) is 10.9. The molecule has 20 heavy (non-hydrogen) atoms. The predicted molar refractivity (Wildman–Crippen MR) is 81.7 cm³/mol. The maximum absolute atomic E-state index is 6.05. The Bertz CT molecular complexity index is 602. The molecule has 0 atom stereocenters. The van der Waals surface area contributed by atoms with Crippen molar-refractivity contribution < 1.29 is 9.47 Å². The second-order valence-electron chi connectivity index (χ2n) is 4.21. The van der Waals surface area contributed by atoms with Crippen molar-refractivity contribution in [2.45, 2.75) is 13.2 Å². The van der Waals surface area contributed by atoms with Gasteiger partial charge < -0.3 is 15.2 Å². The van der Waals surface area contributed by atoms with Gasteiger partial charge in [-0.15, -0.1) is 0 Å². The van der Waals surface area contributed by atoms with E-state index >= 15 is 0 Å². The molecule has 0 radical (unpaired) electrons. The minimum atomic E-state index is 0.386. The summed E-state index contributed by atoms with van der Waals surface area (Å²) < 4.78 is 10.9. The molecule has 0 amide bonds. The summed E-state index contributed by atoms with van der Waals surface area (Å²) >= 11 is 12.0. The topological polar surface area (TPSA) is 44.5 Å². The third kappa shape index (κ3) is 3.57. The monoisotopic (exact) mass is 311 g/mol. The van der Waals surface area contributed by atoms with Crippen molar-refractivity contribution >= 4 is 23.2 Å². The van der Waals surface area contributed by atoms with Crippen LogP contribution in [0.5, 0.6) is 11.5 Å². The van der Waals surface area contributed by atoms with Crippen LogP contribution < -0.4 is 15.2 Å². The Morgan fingerprint density at radius 3 is 2.55 bits per heavy atom. The first-order valence-corrected chi connectivity index (χ1v) is 6.83. The molecule has 3 nitrogen and oxygen atoms in total. The van der Waals surface area contributed by atoms with Crippen LogP contribution in [-0.2, 0) is 13.2 Å². The largest absolute Gasteiger partial charge is 0.496 e. The summed E-state index contributed by atoms with van der Waals surface area (Å²) in [5.41, 5.74) is 7.61. The number of rotatable bonds is 5. The Kier molecular flexibility index (Phi) is 5.12. The average molecular weight is 312 g/mol. The summed E-state index contributed by atoms with van der Waals surface area (Å²) in [6.07, 6.45) is 0. The van der Waals surface area contributed by atoms with Gasteiger partial charge in [0.15, 0.2) is 0 Å². The Balaban J connectivity index is 2.12. The zero-order chi connectivity index (χ0) is 14.5. The number of nitrogens with two attached hydrogens (primary N) is 1. The third-order valence-corrected chi connectivity index (χ3v) is 3.40. The van der Waals surface area contributed by atoms with Crippen LogP contribution in [0.15, 0.2) is 36.4 Å². The summed E-state index contributed by atoms with van der Waals surface area (Å²) in [4.78, 5) is 0. The number of benzene rings is 2. The number of hydrogen-bond donors (Lipinski definition) is 1. The van der Waals surface area contributed by atoms with Crippen molar-refractivity contribution in [1.29, 1.82) is 0 Å². The fourth-order valence-electron chi connectivity index (χ4n) is 1.83. The first kappa shape index (κ1) is 15.0. The molecule has 2 aromatic rings. The zero-order valence-corrected chi connectivity index (χ0v) is 12.5. The molecule has 0 aromatic heterocycles. The van der Waals surface area contributed by atoms with E-state index in [1.165, 1.54) is 0 Å². The molecular formula is C15H15Cl2NO2. The molecule has 106 valence electrons. The van der Waals surface area contributed by atoms with Gasteiger partial charge in [0.25, 0.3) is 0 Å². The lowest BCUT2D eigenvalue weighted by Gasteiger charge is -2.11. The van der Waals surface area contributed by atoms with Gasteiger partial charge in [-0.2, -0.15) is 0 Å². The molecule has 0 spiro atoms. The summed E-state index contributed by atoms with van der Waals surface area (Å²) in [5, 5.41) is 1.11. The Morgan fingerprint density at radius 2 is 1.85 bits per heavy atom. The highest BCUT2D eigenvalue weighted by Gasteiger charge is 2.06. The standard InChI is InChI=1S/C15H15Cl2NO2/c1-19-14-5-2-10(6-11(14)8-18)9-20-15-7-12(16)3-4-13(15)17/h2-7H,8-9,18H2,1H3. The van der Waals surface area contributed by atoms with E-state index in [1.54, 1.807) is 25.3 Å². The van der Waals surface area contributed by atoms with E-state index in [2.05, 4.69) is 0 Å². The van der Waals surface area contributed by atoms with Gasteiger partial charge in [0.2, 0.25) is 0 Å². The van der Waals surface area contributed by atoms with Crippen molar-refractivity contribution in [1.82, 2.24) is 0 Å². The second-order valence-corrected chi connectivity index (χ2v) is 5.06. The molecule has 5 heteroatoms. The van der Waals surface area contributed by atoms with Crippen LogP contribution in [0, 0.1) is 0 Å². The predicted octanol–water partition coefficient (Wildman–Crippen LogP) is 4.04. The molecule has 0 saturated carbocycles. The number of methoxy groups -OCH3 is 1. The van der Waals surface area contributed by atoms with Crippen molar-refractivity contribution in [3.63, 3.8) is 0 Å². The molecule has 0 aliphatic heterocycles. The van der Waals surface area contributed by atoms with E-state index < -0.39 is 0 Å². The van der Waals surface area contributed by atoms with Crippen LogP contribution in [0.25, 0.3) is 0 Å². The summed E-state index contributed by atoms with van der Waals surface area (Å²) in [7, 11) is 1.62. The maximum Gasteiger partial charge on any atom is 0.139 e. The van der Waals surface area contributed by atoms with Gasteiger partial charge in [0, 0.05) is 23.2 Å². The van der Waals surface area contributed by atoms with Gasteiger partial charge in [-0.1, -0.05) is 29.3 Å². The smallest absolute Gasteiger partial charge is 0.139 e. The van der Waals surface area contributed by atoms with Crippen LogP contribution in [0.2, 0.25) is 10.0 Å². The second kappa shape index (κ2) is 6.84. The summed E-state index contributed by atoms with van der Waals surface area (Å²) in [6.45, 7) is 0.798. The summed E-state index contributed by atoms with van der Waals surface area (Å²) in [5.74, 6) is 1.33. The van der Waals surface area contributed by atoms with Crippen molar-refractivity contribution in [2.24, 2.45) is 5.73 Å². The highest BCUT2D eigenvalue weighted by atomic mass is 35.5. The van der Waals surface area contributed by atoms with Crippen molar-refractivity contribution in [3.05, 3.63) is 57.6 Å². The Morgan fingerprint density at radius 1 is 1.05 bits per heavy atom. The van der Waals surface area contributed by atoms with Gasteiger partial charge in [0.05, 0.1) is 12.1 Å². The minimum Gasteiger partial charge on any atom is -0.496 e. The van der Waals surface area contributed by atoms with Crippen LogP contribution in [0.4, 0.5) is 0 Å². The molecular weight excluding hydrogens is 297 g/mol. The van der Waals surface area contributed by atoms with E-state index in [4.69, 9.17) is 38.4 Å². The van der Waals surface area contributed by atoms with Gasteiger partial charge >= 0.3 is 0 Å². The molecule has 0 heterocycles. The molecule has 0 fully saturated rings. The molecule has 2 N–H and O–H groups in total. The number of halogens is 2. The SMILES string of the molecule is COc1ccc(COc2cc(Cl)ccc2Cl)cc1CN. The molecule has 0 aliphatic carbocycles. The quantitative estimate of drug-likeness (QED) is 0.906. The van der Waals surface area contributed by atoms with Crippen LogP contribution >= 0.6 is 23.2 Å². The van der Waals surface area contributed by atoms with Gasteiger partial charge in [-0.3, -0.25) is 0 Å². The lowest BCUT2D eigenvalue weighted by atomic mass is 10.1. The van der Waals surface area contributed by atoms with Gasteiger partial charge in [-0.05, 0) is 29.8 Å². The molecule has 0 bridgehead atoms. The van der Waals surface area contributed by atoms with Gasteiger partial charge in [0.1, 0.15) is 18.1 Å². The van der Waals surface area contributed by atoms with Crippen LogP contribution in [0.1, 0.15) is 11.1 Å². The molecule has 2 aromatic carbocycles. The number of hydrogen-bond acceptors (Lipinski definition) is 3. The van der Waals surface area contributed by atoms with E-state index in [9.17, 15) is 0 Å². The van der Waals surface area contributed by atoms with Crippen molar-refractivity contribution in [2.75, 3.05) is 7.11 Å². The molecule has 0 aliphatic rings. The lowest BCUT2D eigenvalue weighted by molar-refractivity contribution is 0.306. The van der Waals surface area contributed by atoms with Gasteiger partial charge in [-0.25, -0.2) is 0 Å². The molecule has 0 saturated heterocycles. The third-order valence-electron chi connectivity index (χ3n) is 2.85. The van der Waals surface area contributed by atoms with E-state index in [-0.39, 0.29) is 0 Å². The first-order chi connectivity index (χ1) is 9.63. The minimum absolute atomic E-state index is 0.386. The number of ether oxygens (including phenoxy) is 2. The highest BCUT2D eigenvalue weighted by molar-refractivity contribution is 6.34. The Labute approximate surface area is 128 Å². The van der Waals surface area contributed by atoms with E-state index in [0.717, 1.165) is 16.9 Å². The van der Waals surface area contributed by atoms with Crippen LogP contribution in [0.3, 0.4) is 0 Å². The first-order valence-electron chi connectivity index (χ1n) is 6.07. The molecule has 2 rings (SSSR count). The zero-order valence-electron chi connectivity index (χ0n) is 11.0. The fraction of sp³-hybridized carbons (Fsp3) is 0.200. The molecule has 0 unspecified atom stereocenters. The Hall–Kier alpha value is -1.42.